The summed E-state index contributed by atoms with van der Waals surface area (Å²) in [4.78, 5) is 34.7. The zero-order valence-corrected chi connectivity index (χ0v) is 10.7. The number of ether oxygens (including phenoxy) is 1. The van der Waals surface area contributed by atoms with Crippen molar-refractivity contribution in [2.45, 2.75) is 32.2 Å². The van der Waals surface area contributed by atoms with E-state index < -0.39 is 23.9 Å². The maximum absolute atomic E-state index is 11.9. The highest BCUT2D eigenvalue weighted by Gasteiger charge is 2.23. The monoisotopic (exact) mass is 260 g/mol. The smallest absolute Gasteiger partial charge is 0.325 e. The molecular formula is C11H20N2O5. The van der Waals surface area contributed by atoms with E-state index in [0.717, 1.165) is 0 Å². The Hall–Kier alpha value is -1.63. The van der Waals surface area contributed by atoms with Crippen molar-refractivity contribution in [2.24, 2.45) is 5.73 Å². The molecule has 7 heteroatoms. The van der Waals surface area contributed by atoms with Crippen LogP contribution in [-0.2, 0) is 19.1 Å². The van der Waals surface area contributed by atoms with Crippen LogP contribution < -0.4 is 5.73 Å². The number of carbonyl (C=O) groups excluding carboxylic acids is 2. The predicted octanol–water partition coefficient (Wildman–Crippen LogP) is -0.410. The third-order valence-electron chi connectivity index (χ3n) is 2.34. The number of methoxy groups -OCH3 is 1. The number of amides is 1. The van der Waals surface area contributed by atoms with E-state index in [-0.39, 0.29) is 19.4 Å². The highest BCUT2D eigenvalue weighted by Crippen LogP contribution is 2.02. The number of carboxylic acids is 1. The molecule has 1 atom stereocenters. The molecule has 104 valence electrons. The summed E-state index contributed by atoms with van der Waals surface area (Å²) >= 11 is 0. The summed E-state index contributed by atoms with van der Waals surface area (Å²) in [5.74, 6) is -1.96. The van der Waals surface area contributed by atoms with Gasteiger partial charge in [-0.3, -0.25) is 14.4 Å². The molecule has 0 fully saturated rings. The molecule has 0 saturated heterocycles. The van der Waals surface area contributed by atoms with Crippen LogP contribution in [0, 0.1) is 0 Å². The number of nitrogens with two attached hydrogens (primary N) is 1. The molecule has 1 unspecified atom stereocenters. The number of hydrogen-bond acceptors (Lipinski definition) is 5. The number of aliphatic carboxylic acids is 1. The molecule has 0 aliphatic carbocycles. The predicted molar refractivity (Wildman–Crippen MR) is 63.7 cm³/mol. The maximum Gasteiger partial charge on any atom is 0.325 e. The van der Waals surface area contributed by atoms with E-state index in [0.29, 0.717) is 13.0 Å². The SMILES string of the molecule is CCCN(CC(=O)OC)C(=O)C(N)CCC(=O)O. The summed E-state index contributed by atoms with van der Waals surface area (Å²) < 4.78 is 4.49. The molecule has 0 aromatic carbocycles. The van der Waals surface area contributed by atoms with Gasteiger partial charge in [-0.15, -0.1) is 0 Å². The van der Waals surface area contributed by atoms with Crippen LogP contribution in [0.2, 0.25) is 0 Å². The highest BCUT2D eigenvalue weighted by atomic mass is 16.5. The van der Waals surface area contributed by atoms with Gasteiger partial charge >= 0.3 is 11.9 Å². The van der Waals surface area contributed by atoms with Crippen LogP contribution in [0.4, 0.5) is 0 Å². The first-order chi connectivity index (χ1) is 8.42. The minimum absolute atomic E-state index is 0.0511. The van der Waals surface area contributed by atoms with Crippen molar-refractivity contribution in [2.75, 3.05) is 20.2 Å². The average Bonchev–Trinajstić information content (AvgIpc) is 2.34. The third-order valence-corrected chi connectivity index (χ3v) is 2.34. The van der Waals surface area contributed by atoms with E-state index in [9.17, 15) is 14.4 Å². The Morgan fingerprint density at radius 2 is 2.00 bits per heavy atom. The average molecular weight is 260 g/mol. The van der Waals surface area contributed by atoms with Crippen LogP contribution in [0.15, 0.2) is 0 Å². The quantitative estimate of drug-likeness (QED) is 0.574. The Morgan fingerprint density at radius 1 is 1.39 bits per heavy atom. The fourth-order valence-corrected chi connectivity index (χ4v) is 1.39. The fourth-order valence-electron chi connectivity index (χ4n) is 1.39. The second-order valence-corrected chi connectivity index (χ2v) is 3.87. The van der Waals surface area contributed by atoms with Gasteiger partial charge in [-0.05, 0) is 12.8 Å². The molecule has 0 heterocycles. The molecule has 3 N–H and O–H groups in total. The Bertz CT molecular complexity index is 306. The number of hydrogen-bond donors (Lipinski definition) is 2. The molecule has 0 rings (SSSR count). The van der Waals surface area contributed by atoms with Crippen molar-refractivity contribution in [3.8, 4) is 0 Å². The van der Waals surface area contributed by atoms with Gasteiger partial charge in [0, 0.05) is 13.0 Å². The molecule has 0 spiro atoms. The largest absolute Gasteiger partial charge is 0.481 e. The Labute approximate surface area is 106 Å². The van der Waals surface area contributed by atoms with Crippen LogP contribution in [-0.4, -0.2) is 54.1 Å². The summed E-state index contributed by atoms with van der Waals surface area (Å²) in [6.45, 7) is 2.08. The Balaban J connectivity index is 4.44. The second kappa shape index (κ2) is 8.46. The van der Waals surface area contributed by atoms with Gasteiger partial charge in [-0.2, -0.15) is 0 Å². The summed E-state index contributed by atoms with van der Waals surface area (Å²) in [5.41, 5.74) is 5.61. The van der Waals surface area contributed by atoms with Crippen LogP contribution >= 0.6 is 0 Å². The topological polar surface area (TPSA) is 110 Å². The number of carbonyl (C=O) groups is 3. The first kappa shape index (κ1) is 16.4. The molecule has 18 heavy (non-hydrogen) atoms. The normalized spacial score (nSPS) is 11.7. The zero-order chi connectivity index (χ0) is 14.1. The number of nitrogens with zero attached hydrogens (tertiary/aromatic N) is 1. The molecule has 0 aliphatic rings. The summed E-state index contributed by atoms with van der Waals surface area (Å²) in [7, 11) is 1.24. The first-order valence-corrected chi connectivity index (χ1v) is 5.75. The minimum atomic E-state index is -1.01. The molecule has 7 nitrogen and oxygen atoms in total. The van der Waals surface area contributed by atoms with E-state index in [2.05, 4.69) is 4.74 Å². The van der Waals surface area contributed by atoms with Gasteiger partial charge in [-0.25, -0.2) is 0 Å². The third kappa shape index (κ3) is 6.19. The van der Waals surface area contributed by atoms with Crippen LogP contribution in [0.3, 0.4) is 0 Å². The van der Waals surface area contributed by atoms with Crippen molar-refractivity contribution in [1.29, 1.82) is 0 Å². The van der Waals surface area contributed by atoms with Gasteiger partial charge in [0.2, 0.25) is 5.91 Å². The second-order valence-electron chi connectivity index (χ2n) is 3.87. The van der Waals surface area contributed by atoms with Gasteiger partial charge in [0.1, 0.15) is 6.54 Å². The van der Waals surface area contributed by atoms with E-state index >= 15 is 0 Å². The maximum atomic E-state index is 11.9. The highest BCUT2D eigenvalue weighted by molar-refractivity contribution is 5.86. The van der Waals surface area contributed by atoms with Crippen LogP contribution in [0.1, 0.15) is 26.2 Å². The van der Waals surface area contributed by atoms with E-state index in [1.807, 2.05) is 6.92 Å². The van der Waals surface area contributed by atoms with Crippen LogP contribution in [0.5, 0.6) is 0 Å². The minimum Gasteiger partial charge on any atom is -0.481 e. The van der Waals surface area contributed by atoms with Crippen LogP contribution in [0.25, 0.3) is 0 Å². The molecule has 0 aliphatic heterocycles. The van der Waals surface area contributed by atoms with Gasteiger partial charge < -0.3 is 20.5 Å². The Morgan fingerprint density at radius 3 is 2.44 bits per heavy atom. The van der Waals surface area contributed by atoms with Crippen molar-refractivity contribution < 1.29 is 24.2 Å². The molecule has 1 amide bonds. The number of carboxylic acid groups (broad SMARTS) is 1. The lowest BCUT2D eigenvalue weighted by atomic mass is 10.1. The lowest BCUT2D eigenvalue weighted by Gasteiger charge is -2.23. The first-order valence-electron chi connectivity index (χ1n) is 5.75. The number of rotatable bonds is 8. The van der Waals surface area contributed by atoms with Crippen molar-refractivity contribution in [3.05, 3.63) is 0 Å². The lowest BCUT2D eigenvalue weighted by Crippen LogP contribution is -2.46. The molecule has 0 aromatic heterocycles. The molecule has 0 saturated carbocycles. The van der Waals surface area contributed by atoms with E-state index in [1.165, 1.54) is 12.0 Å². The van der Waals surface area contributed by atoms with Gasteiger partial charge in [0.25, 0.3) is 0 Å². The molecule has 0 radical (unpaired) electrons. The van der Waals surface area contributed by atoms with Crippen molar-refractivity contribution >= 4 is 17.8 Å². The summed E-state index contributed by atoms with van der Waals surface area (Å²) in [5, 5.41) is 8.52. The molecule has 0 bridgehead atoms. The van der Waals surface area contributed by atoms with Crippen molar-refractivity contribution in [3.63, 3.8) is 0 Å². The summed E-state index contributed by atoms with van der Waals surface area (Å²) in [6.07, 6.45) is 0.551. The lowest BCUT2D eigenvalue weighted by molar-refractivity contribution is -0.147. The Kier molecular flexibility index (Phi) is 7.69. The fraction of sp³-hybridized carbons (Fsp3) is 0.727. The summed E-state index contributed by atoms with van der Waals surface area (Å²) in [6, 6.07) is -0.905. The van der Waals surface area contributed by atoms with E-state index in [4.69, 9.17) is 10.8 Å². The molecular weight excluding hydrogens is 240 g/mol. The van der Waals surface area contributed by atoms with Crippen molar-refractivity contribution in [1.82, 2.24) is 4.90 Å². The standard InChI is InChI=1S/C11H20N2O5/c1-3-6-13(7-10(16)18-2)11(17)8(12)4-5-9(14)15/h8H,3-7,12H2,1-2H3,(H,14,15). The van der Waals surface area contributed by atoms with E-state index in [1.54, 1.807) is 0 Å². The zero-order valence-electron chi connectivity index (χ0n) is 10.7. The number of esters is 1. The van der Waals surface area contributed by atoms with Gasteiger partial charge in [-0.1, -0.05) is 6.92 Å². The van der Waals surface area contributed by atoms with Gasteiger partial charge in [0.05, 0.1) is 13.2 Å². The molecule has 0 aromatic rings. The van der Waals surface area contributed by atoms with Gasteiger partial charge in [0.15, 0.2) is 0 Å².